The van der Waals surface area contributed by atoms with Crippen molar-refractivity contribution in [3.05, 3.63) is 12.5 Å². The van der Waals surface area contributed by atoms with E-state index in [0.29, 0.717) is 23.7 Å². The Morgan fingerprint density at radius 3 is 2.92 bits per heavy atom. The number of aromatic nitrogens is 2. The maximum atomic E-state index is 12.0. The summed E-state index contributed by atoms with van der Waals surface area (Å²) in [5, 5.41) is 2.81. The predicted octanol–water partition coefficient (Wildman–Crippen LogP) is 2.46. The maximum Gasteiger partial charge on any atom is 0.242 e. The van der Waals surface area contributed by atoms with Crippen LogP contribution in [-0.2, 0) is 11.3 Å². The van der Waals surface area contributed by atoms with Crippen LogP contribution in [0.5, 0.6) is 0 Å². The van der Waals surface area contributed by atoms with E-state index in [1.807, 2.05) is 13.1 Å². The SMILES string of the molecule is CCC[C@H](N)C(=O)Nc1cn(CC2CCCN2CC(C)(C)C)cn1. The smallest absolute Gasteiger partial charge is 0.242 e. The first-order chi connectivity index (χ1) is 11.3. The zero-order valence-corrected chi connectivity index (χ0v) is 15.6. The predicted molar refractivity (Wildman–Crippen MR) is 97.8 cm³/mol. The molecule has 2 rings (SSSR count). The summed E-state index contributed by atoms with van der Waals surface area (Å²) in [6, 6.07) is 0.0848. The molecule has 0 aromatic carbocycles. The topological polar surface area (TPSA) is 76.2 Å². The van der Waals surface area contributed by atoms with Gasteiger partial charge >= 0.3 is 0 Å². The fraction of sp³-hybridized carbons (Fsp3) is 0.778. The number of imidazole rings is 1. The summed E-state index contributed by atoms with van der Waals surface area (Å²) in [7, 11) is 0. The first-order valence-corrected chi connectivity index (χ1v) is 9.11. The summed E-state index contributed by atoms with van der Waals surface area (Å²) >= 11 is 0. The van der Waals surface area contributed by atoms with Gasteiger partial charge in [0.2, 0.25) is 5.91 Å². The summed E-state index contributed by atoms with van der Waals surface area (Å²) < 4.78 is 2.08. The van der Waals surface area contributed by atoms with Crippen molar-refractivity contribution in [3.8, 4) is 0 Å². The molecule has 2 heterocycles. The Labute approximate surface area is 145 Å². The van der Waals surface area contributed by atoms with E-state index in [1.165, 1.54) is 19.4 Å². The molecule has 136 valence electrons. The molecular formula is C18H33N5O. The van der Waals surface area contributed by atoms with Gasteiger partial charge in [-0.25, -0.2) is 4.98 Å². The second-order valence-corrected chi connectivity index (χ2v) is 8.17. The molecule has 24 heavy (non-hydrogen) atoms. The molecule has 0 radical (unpaired) electrons. The lowest BCUT2D eigenvalue weighted by Crippen LogP contribution is -2.38. The van der Waals surface area contributed by atoms with Gasteiger partial charge in [0, 0.05) is 25.3 Å². The van der Waals surface area contributed by atoms with Crippen LogP contribution in [0, 0.1) is 5.41 Å². The van der Waals surface area contributed by atoms with Gasteiger partial charge < -0.3 is 15.6 Å². The average Bonchev–Trinajstić information content (AvgIpc) is 3.08. The number of nitrogens with one attached hydrogen (secondary N) is 1. The minimum absolute atomic E-state index is 0.155. The fourth-order valence-corrected chi connectivity index (χ4v) is 3.35. The Balaban J connectivity index is 1.90. The van der Waals surface area contributed by atoms with E-state index in [-0.39, 0.29) is 5.91 Å². The van der Waals surface area contributed by atoms with Crippen molar-refractivity contribution >= 4 is 11.7 Å². The van der Waals surface area contributed by atoms with E-state index in [2.05, 4.69) is 40.5 Å². The molecule has 6 heteroatoms. The number of likely N-dealkylation sites (tertiary alicyclic amines) is 1. The zero-order chi connectivity index (χ0) is 17.7. The van der Waals surface area contributed by atoms with Gasteiger partial charge in [-0.1, -0.05) is 34.1 Å². The lowest BCUT2D eigenvalue weighted by atomic mass is 9.96. The van der Waals surface area contributed by atoms with Gasteiger partial charge in [-0.05, 0) is 31.2 Å². The van der Waals surface area contributed by atoms with Crippen molar-refractivity contribution < 1.29 is 4.79 Å². The minimum Gasteiger partial charge on any atom is -0.334 e. The molecule has 0 saturated carbocycles. The van der Waals surface area contributed by atoms with Crippen molar-refractivity contribution in [3.63, 3.8) is 0 Å². The molecule has 1 unspecified atom stereocenters. The Kier molecular flexibility index (Phi) is 6.40. The van der Waals surface area contributed by atoms with E-state index in [1.54, 1.807) is 6.33 Å². The van der Waals surface area contributed by atoms with Crippen LogP contribution in [-0.4, -0.2) is 45.5 Å². The number of nitrogens with zero attached hydrogens (tertiary/aromatic N) is 3. The number of hydrogen-bond donors (Lipinski definition) is 2. The van der Waals surface area contributed by atoms with Gasteiger partial charge in [0.25, 0.3) is 0 Å². The van der Waals surface area contributed by atoms with Gasteiger partial charge in [0.15, 0.2) is 5.82 Å². The molecule has 1 aliphatic heterocycles. The number of anilines is 1. The maximum absolute atomic E-state index is 12.0. The van der Waals surface area contributed by atoms with Crippen LogP contribution >= 0.6 is 0 Å². The number of carbonyl (C=O) groups excluding carboxylic acids is 1. The molecule has 3 N–H and O–H groups in total. The number of hydrogen-bond acceptors (Lipinski definition) is 4. The summed E-state index contributed by atoms with van der Waals surface area (Å²) in [5.41, 5.74) is 6.15. The Hall–Kier alpha value is -1.40. The van der Waals surface area contributed by atoms with Crippen LogP contribution in [0.3, 0.4) is 0 Å². The number of rotatable bonds is 7. The summed E-state index contributed by atoms with van der Waals surface area (Å²) in [6.45, 7) is 12.1. The third kappa shape index (κ3) is 5.60. The van der Waals surface area contributed by atoms with Gasteiger partial charge in [-0.2, -0.15) is 0 Å². The number of nitrogens with two attached hydrogens (primary N) is 1. The zero-order valence-electron chi connectivity index (χ0n) is 15.6. The van der Waals surface area contributed by atoms with Crippen molar-refractivity contribution in [2.75, 3.05) is 18.4 Å². The molecule has 2 atom stereocenters. The van der Waals surface area contributed by atoms with Crippen molar-refractivity contribution in [1.82, 2.24) is 14.5 Å². The largest absolute Gasteiger partial charge is 0.334 e. The Bertz CT molecular complexity index is 534. The molecule has 1 aliphatic rings. The van der Waals surface area contributed by atoms with Gasteiger partial charge in [0.1, 0.15) is 0 Å². The molecule has 1 fully saturated rings. The standard InChI is InChI=1S/C18H33N5O/c1-5-7-15(19)17(24)21-16-11-22(13-20-16)10-14-8-6-9-23(14)12-18(2,3)4/h11,13-15H,5-10,12,19H2,1-4H3,(H,21,24)/t14?,15-/m0/s1. The molecule has 0 spiro atoms. The van der Waals surface area contributed by atoms with Crippen LogP contribution in [0.2, 0.25) is 0 Å². The molecule has 0 aliphatic carbocycles. The molecule has 0 bridgehead atoms. The Morgan fingerprint density at radius 1 is 1.50 bits per heavy atom. The Morgan fingerprint density at radius 2 is 2.25 bits per heavy atom. The van der Waals surface area contributed by atoms with Gasteiger partial charge in [0.05, 0.1) is 12.4 Å². The first-order valence-electron chi connectivity index (χ1n) is 9.11. The summed E-state index contributed by atoms with van der Waals surface area (Å²) in [4.78, 5) is 18.8. The third-order valence-electron chi connectivity index (χ3n) is 4.42. The van der Waals surface area contributed by atoms with Crippen LogP contribution in [0.4, 0.5) is 5.82 Å². The van der Waals surface area contributed by atoms with Gasteiger partial charge in [-0.15, -0.1) is 0 Å². The van der Waals surface area contributed by atoms with E-state index in [4.69, 9.17) is 5.73 Å². The highest BCUT2D eigenvalue weighted by atomic mass is 16.2. The van der Waals surface area contributed by atoms with Gasteiger partial charge in [-0.3, -0.25) is 9.69 Å². The highest BCUT2D eigenvalue weighted by molar-refractivity contribution is 5.93. The quantitative estimate of drug-likeness (QED) is 0.802. The van der Waals surface area contributed by atoms with Crippen LogP contribution < -0.4 is 11.1 Å². The highest BCUT2D eigenvalue weighted by Crippen LogP contribution is 2.25. The van der Waals surface area contributed by atoms with E-state index < -0.39 is 6.04 Å². The molecule has 1 saturated heterocycles. The fourth-order valence-electron chi connectivity index (χ4n) is 3.35. The summed E-state index contributed by atoms with van der Waals surface area (Å²) in [6.07, 6.45) is 7.77. The lowest BCUT2D eigenvalue weighted by Gasteiger charge is -2.31. The normalized spacial score (nSPS) is 20.3. The second kappa shape index (κ2) is 8.12. The second-order valence-electron chi connectivity index (χ2n) is 8.17. The van der Waals surface area contributed by atoms with Crippen LogP contribution in [0.1, 0.15) is 53.4 Å². The van der Waals surface area contributed by atoms with Crippen molar-refractivity contribution in [2.24, 2.45) is 11.1 Å². The third-order valence-corrected chi connectivity index (χ3v) is 4.42. The van der Waals surface area contributed by atoms with E-state index in [9.17, 15) is 4.79 Å². The highest BCUT2D eigenvalue weighted by Gasteiger charge is 2.28. The van der Waals surface area contributed by atoms with Crippen LogP contribution in [0.15, 0.2) is 12.5 Å². The minimum atomic E-state index is -0.461. The van der Waals surface area contributed by atoms with Crippen molar-refractivity contribution in [2.45, 2.75) is 72.0 Å². The number of amides is 1. The molecule has 1 aromatic heterocycles. The summed E-state index contributed by atoms with van der Waals surface area (Å²) in [5.74, 6) is 0.434. The van der Waals surface area contributed by atoms with E-state index >= 15 is 0 Å². The molecule has 1 amide bonds. The van der Waals surface area contributed by atoms with Crippen LogP contribution in [0.25, 0.3) is 0 Å². The first kappa shape index (κ1) is 18.9. The number of carbonyl (C=O) groups is 1. The molecule has 6 nitrogen and oxygen atoms in total. The monoisotopic (exact) mass is 335 g/mol. The van der Waals surface area contributed by atoms with E-state index in [0.717, 1.165) is 19.5 Å². The lowest BCUT2D eigenvalue weighted by molar-refractivity contribution is -0.117. The average molecular weight is 335 g/mol. The molecule has 1 aromatic rings. The molecular weight excluding hydrogens is 302 g/mol. The van der Waals surface area contributed by atoms with Crippen molar-refractivity contribution in [1.29, 1.82) is 0 Å².